The van der Waals surface area contributed by atoms with Gasteiger partial charge in [0.1, 0.15) is 11.5 Å². The first kappa shape index (κ1) is 15.2. The van der Waals surface area contributed by atoms with E-state index in [2.05, 4.69) is 19.9 Å². The van der Waals surface area contributed by atoms with Crippen molar-refractivity contribution in [1.82, 2.24) is 4.90 Å². The monoisotopic (exact) mass is 303 g/mol. The zero-order chi connectivity index (χ0) is 15.7. The maximum atomic E-state index is 12.1. The summed E-state index contributed by atoms with van der Waals surface area (Å²) in [5.74, 6) is 2.69. The fourth-order valence-electron chi connectivity index (χ4n) is 3.26. The molecule has 1 amide bonds. The van der Waals surface area contributed by atoms with E-state index in [1.54, 1.807) is 0 Å². The quantitative estimate of drug-likeness (QED) is 0.839. The van der Waals surface area contributed by atoms with E-state index in [-0.39, 0.29) is 5.91 Å². The number of benzene rings is 1. The predicted octanol–water partition coefficient (Wildman–Crippen LogP) is 2.60. The Balaban J connectivity index is 1.74. The highest BCUT2D eigenvalue weighted by molar-refractivity contribution is 5.76. The second-order valence-corrected chi connectivity index (χ2v) is 6.68. The lowest BCUT2D eigenvalue weighted by atomic mass is 9.97. The van der Waals surface area contributed by atoms with Gasteiger partial charge in [-0.2, -0.15) is 0 Å². The number of carbonyl (C=O) groups excluding carboxylic acids is 1. The molecule has 2 heterocycles. The van der Waals surface area contributed by atoms with Crippen molar-refractivity contribution in [3.8, 4) is 11.5 Å². The number of likely N-dealkylation sites (N-methyl/N-ethyl adjacent to an activating group) is 1. The lowest BCUT2D eigenvalue weighted by Crippen LogP contribution is -2.29. The Morgan fingerprint density at radius 2 is 2.05 bits per heavy atom. The summed E-state index contributed by atoms with van der Waals surface area (Å²) in [6, 6.07) is 2.14. The third-order valence-corrected chi connectivity index (χ3v) is 4.47. The Morgan fingerprint density at radius 1 is 1.27 bits per heavy atom. The van der Waals surface area contributed by atoms with Crippen molar-refractivity contribution in [1.29, 1.82) is 0 Å². The number of nitrogens with zero attached hydrogens (tertiary/aromatic N) is 1. The summed E-state index contributed by atoms with van der Waals surface area (Å²) in [4.78, 5) is 14.0. The van der Waals surface area contributed by atoms with Crippen molar-refractivity contribution in [2.75, 3.05) is 26.8 Å². The van der Waals surface area contributed by atoms with Gasteiger partial charge in [0.25, 0.3) is 0 Å². The average Bonchev–Trinajstić information content (AvgIpc) is 3.10. The summed E-state index contributed by atoms with van der Waals surface area (Å²) in [5, 5.41) is 0. The van der Waals surface area contributed by atoms with Gasteiger partial charge in [0, 0.05) is 49.5 Å². The summed E-state index contributed by atoms with van der Waals surface area (Å²) >= 11 is 0. The van der Waals surface area contributed by atoms with E-state index in [0.29, 0.717) is 12.3 Å². The van der Waals surface area contributed by atoms with Crippen LogP contribution in [-0.2, 0) is 24.1 Å². The smallest absolute Gasteiger partial charge is 0.222 e. The molecule has 1 aromatic rings. The number of amides is 1. The Labute approximate surface area is 132 Å². The lowest BCUT2D eigenvalue weighted by Gasteiger charge is -2.20. The molecule has 0 saturated carbocycles. The minimum atomic E-state index is 0.219. The predicted molar refractivity (Wildman–Crippen MR) is 85.6 cm³/mol. The van der Waals surface area contributed by atoms with E-state index in [1.165, 1.54) is 16.7 Å². The molecule has 2 aliphatic rings. The molecule has 3 rings (SSSR count). The van der Waals surface area contributed by atoms with Crippen LogP contribution >= 0.6 is 0 Å². The Kier molecular flexibility index (Phi) is 4.27. The average molecular weight is 303 g/mol. The fourth-order valence-corrected chi connectivity index (χ4v) is 3.26. The van der Waals surface area contributed by atoms with Crippen LogP contribution in [0.5, 0.6) is 11.5 Å². The van der Waals surface area contributed by atoms with Gasteiger partial charge in [-0.3, -0.25) is 4.79 Å². The fraction of sp³-hybridized carbons (Fsp3) is 0.611. The van der Waals surface area contributed by atoms with Gasteiger partial charge in [0.05, 0.1) is 13.2 Å². The Bertz CT molecular complexity index is 548. The number of rotatable bonds is 5. The standard InChI is InChI=1S/C18H25NO3/c1-12(2)10-17(20)19(3)7-4-15-14-6-9-21-16(14)11-13-5-8-22-18(13)15/h11-12H,4-10H2,1-3H3. The molecule has 0 spiro atoms. The second kappa shape index (κ2) is 6.19. The summed E-state index contributed by atoms with van der Waals surface area (Å²) in [6.07, 6.45) is 3.36. The lowest BCUT2D eigenvalue weighted by molar-refractivity contribution is -0.130. The molecule has 0 saturated heterocycles. The molecule has 0 aromatic heterocycles. The number of fused-ring (bicyclic) bond motifs is 2. The van der Waals surface area contributed by atoms with Crippen LogP contribution in [0.1, 0.15) is 37.0 Å². The molecule has 4 heteroatoms. The molecule has 0 fully saturated rings. The molecular formula is C18H25NO3. The van der Waals surface area contributed by atoms with E-state index in [0.717, 1.165) is 50.5 Å². The number of carbonyl (C=O) groups is 1. The molecule has 0 atom stereocenters. The molecule has 120 valence electrons. The SMILES string of the molecule is CC(C)CC(=O)N(C)CCc1c2c(cc3c1OCC3)OCC2. The van der Waals surface area contributed by atoms with Crippen LogP contribution in [0.25, 0.3) is 0 Å². The molecule has 2 aliphatic heterocycles. The Hall–Kier alpha value is -1.71. The topological polar surface area (TPSA) is 38.8 Å². The van der Waals surface area contributed by atoms with Gasteiger partial charge >= 0.3 is 0 Å². The van der Waals surface area contributed by atoms with Crippen LogP contribution in [0.15, 0.2) is 6.07 Å². The van der Waals surface area contributed by atoms with Crippen molar-refractivity contribution < 1.29 is 14.3 Å². The third kappa shape index (κ3) is 2.92. The van der Waals surface area contributed by atoms with E-state index >= 15 is 0 Å². The van der Waals surface area contributed by atoms with Crippen LogP contribution in [0.2, 0.25) is 0 Å². The largest absolute Gasteiger partial charge is 0.493 e. The normalized spacial score (nSPS) is 15.3. The Morgan fingerprint density at radius 3 is 2.82 bits per heavy atom. The second-order valence-electron chi connectivity index (χ2n) is 6.68. The highest BCUT2D eigenvalue weighted by Gasteiger charge is 2.26. The van der Waals surface area contributed by atoms with Crippen molar-refractivity contribution >= 4 is 5.91 Å². The van der Waals surface area contributed by atoms with Crippen LogP contribution < -0.4 is 9.47 Å². The molecule has 0 unspecified atom stereocenters. The molecular weight excluding hydrogens is 278 g/mol. The van der Waals surface area contributed by atoms with Crippen molar-refractivity contribution in [3.63, 3.8) is 0 Å². The minimum absolute atomic E-state index is 0.219. The zero-order valence-corrected chi connectivity index (χ0v) is 13.8. The number of hydrogen-bond acceptors (Lipinski definition) is 3. The molecule has 1 aromatic carbocycles. The summed E-state index contributed by atoms with van der Waals surface area (Å²) in [7, 11) is 1.89. The summed E-state index contributed by atoms with van der Waals surface area (Å²) < 4.78 is 11.6. The minimum Gasteiger partial charge on any atom is -0.493 e. The third-order valence-electron chi connectivity index (χ3n) is 4.47. The zero-order valence-electron chi connectivity index (χ0n) is 13.8. The highest BCUT2D eigenvalue weighted by atomic mass is 16.5. The van der Waals surface area contributed by atoms with Gasteiger partial charge in [-0.25, -0.2) is 0 Å². The number of ether oxygens (including phenoxy) is 2. The number of hydrogen-bond donors (Lipinski definition) is 0. The van der Waals surface area contributed by atoms with E-state index in [9.17, 15) is 4.79 Å². The van der Waals surface area contributed by atoms with Crippen LogP contribution in [0, 0.1) is 5.92 Å². The van der Waals surface area contributed by atoms with E-state index in [1.807, 2.05) is 11.9 Å². The van der Waals surface area contributed by atoms with Gasteiger partial charge in [-0.05, 0) is 18.4 Å². The van der Waals surface area contributed by atoms with Gasteiger partial charge in [-0.15, -0.1) is 0 Å². The maximum Gasteiger partial charge on any atom is 0.222 e. The molecule has 0 aliphatic carbocycles. The molecule has 0 radical (unpaired) electrons. The van der Waals surface area contributed by atoms with Crippen LogP contribution in [0.3, 0.4) is 0 Å². The van der Waals surface area contributed by atoms with Gasteiger partial charge in [-0.1, -0.05) is 13.8 Å². The van der Waals surface area contributed by atoms with E-state index < -0.39 is 0 Å². The van der Waals surface area contributed by atoms with E-state index in [4.69, 9.17) is 9.47 Å². The molecule has 0 bridgehead atoms. The molecule has 4 nitrogen and oxygen atoms in total. The van der Waals surface area contributed by atoms with Crippen LogP contribution in [0.4, 0.5) is 0 Å². The first-order valence-electron chi connectivity index (χ1n) is 8.23. The summed E-state index contributed by atoms with van der Waals surface area (Å²) in [6.45, 7) is 6.40. The van der Waals surface area contributed by atoms with Gasteiger partial charge in [0.2, 0.25) is 5.91 Å². The first-order valence-corrected chi connectivity index (χ1v) is 8.23. The molecule has 22 heavy (non-hydrogen) atoms. The van der Waals surface area contributed by atoms with Crippen molar-refractivity contribution in [3.05, 3.63) is 22.8 Å². The van der Waals surface area contributed by atoms with Gasteiger partial charge < -0.3 is 14.4 Å². The highest BCUT2D eigenvalue weighted by Crippen LogP contribution is 2.40. The maximum absolute atomic E-state index is 12.1. The molecule has 0 N–H and O–H groups in total. The summed E-state index contributed by atoms with van der Waals surface area (Å²) in [5.41, 5.74) is 3.80. The van der Waals surface area contributed by atoms with Gasteiger partial charge in [0.15, 0.2) is 0 Å². The first-order chi connectivity index (χ1) is 10.6. The van der Waals surface area contributed by atoms with Crippen molar-refractivity contribution in [2.24, 2.45) is 5.92 Å². The van der Waals surface area contributed by atoms with Crippen molar-refractivity contribution in [2.45, 2.75) is 39.5 Å². The van der Waals surface area contributed by atoms with Crippen LogP contribution in [-0.4, -0.2) is 37.6 Å².